The van der Waals surface area contributed by atoms with E-state index < -0.39 is 0 Å². The number of carbonyl (C=O) groups excluding carboxylic acids is 1. The van der Waals surface area contributed by atoms with Crippen molar-refractivity contribution in [3.63, 3.8) is 0 Å². The Balaban J connectivity index is 2.29. The zero-order valence-corrected chi connectivity index (χ0v) is 11.5. The maximum Gasteiger partial charge on any atom is 0.221 e. The molecule has 0 saturated carbocycles. The highest BCUT2D eigenvalue weighted by Crippen LogP contribution is 2.19. The second-order valence-electron chi connectivity index (χ2n) is 4.86. The van der Waals surface area contributed by atoms with Gasteiger partial charge in [0.2, 0.25) is 5.91 Å². The second kappa shape index (κ2) is 7.67. The van der Waals surface area contributed by atoms with Gasteiger partial charge >= 0.3 is 0 Å². The molecule has 2 unspecified atom stereocenters. The van der Waals surface area contributed by atoms with Crippen LogP contribution in [0.25, 0.3) is 0 Å². The van der Waals surface area contributed by atoms with Gasteiger partial charge in [-0.05, 0) is 32.9 Å². The first-order valence-electron chi connectivity index (χ1n) is 6.87. The molecule has 0 spiro atoms. The Morgan fingerprint density at radius 1 is 1.41 bits per heavy atom. The third kappa shape index (κ3) is 4.64. The number of likely N-dealkylation sites (tertiary alicyclic amines) is 1. The first-order chi connectivity index (χ1) is 8.21. The van der Waals surface area contributed by atoms with Crippen LogP contribution in [0.2, 0.25) is 0 Å². The van der Waals surface area contributed by atoms with Crippen LogP contribution in [0.4, 0.5) is 0 Å². The van der Waals surface area contributed by atoms with E-state index in [9.17, 15) is 4.79 Å². The van der Waals surface area contributed by atoms with Crippen LogP contribution >= 0.6 is 0 Å². The molecule has 0 radical (unpaired) electrons. The lowest BCUT2D eigenvalue weighted by Gasteiger charge is -2.38. The summed E-state index contributed by atoms with van der Waals surface area (Å²) in [6.45, 7) is 8.09. The molecule has 2 N–H and O–H groups in total. The standard InChI is InChI=1S/C13H27N3O/c1-4-11-10-16(8-6-12(11)14-3)9-7-13(17)15-5-2/h11-12,14H,4-10H2,1-3H3,(H,15,17). The Bertz CT molecular complexity index is 233. The van der Waals surface area contributed by atoms with Crippen LogP contribution < -0.4 is 10.6 Å². The van der Waals surface area contributed by atoms with Crippen LogP contribution in [0.5, 0.6) is 0 Å². The molecular weight excluding hydrogens is 214 g/mol. The number of hydrogen-bond donors (Lipinski definition) is 2. The molecule has 1 heterocycles. The van der Waals surface area contributed by atoms with E-state index in [1.165, 1.54) is 12.8 Å². The fraction of sp³-hybridized carbons (Fsp3) is 0.923. The third-order valence-corrected chi connectivity index (χ3v) is 3.74. The van der Waals surface area contributed by atoms with Gasteiger partial charge < -0.3 is 15.5 Å². The van der Waals surface area contributed by atoms with Gasteiger partial charge in [-0.15, -0.1) is 0 Å². The molecule has 0 aromatic heterocycles. The van der Waals surface area contributed by atoms with E-state index in [1.54, 1.807) is 0 Å². The van der Waals surface area contributed by atoms with Gasteiger partial charge in [0.05, 0.1) is 0 Å². The minimum Gasteiger partial charge on any atom is -0.356 e. The molecule has 1 saturated heterocycles. The summed E-state index contributed by atoms with van der Waals surface area (Å²) in [5, 5.41) is 6.26. The van der Waals surface area contributed by atoms with Crippen LogP contribution in [0.15, 0.2) is 0 Å². The van der Waals surface area contributed by atoms with Crippen molar-refractivity contribution < 1.29 is 4.79 Å². The number of nitrogens with zero attached hydrogens (tertiary/aromatic N) is 1. The van der Waals surface area contributed by atoms with Crippen molar-refractivity contribution in [2.24, 2.45) is 5.92 Å². The van der Waals surface area contributed by atoms with Crippen LogP contribution in [-0.4, -0.2) is 50.1 Å². The molecule has 1 amide bonds. The maximum absolute atomic E-state index is 11.4. The Kier molecular flexibility index (Phi) is 6.52. The first-order valence-corrected chi connectivity index (χ1v) is 6.87. The highest BCUT2D eigenvalue weighted by atomic mass is 16.1. The Morgan fingerprint density at radius 2 is 2.18 bits per heavy atom. The number of rotatable bonds is 6. The van der Waals surface area contributed by atoms with E-state index >= 15 is 0 Å². The second-order valence-corrected chi connectivity index (χ2v) is 4.86. The summed E-state index contributed by atoms with van der Waals surface area (Å²) in [4.78, 5) is 13.8. The summed E-state index contributed by atoms with van der Waals surface area (Å²) in [6.07, 6.45) is 3.04. The van der Waals surface area contributed by atoms with E-state index in [0.717, 1.165) is 32.1 Å². The molecule has 1 fully saturated rings. The van der Waals surface area contributed by atoms with Gasteiger partial charge in [-0.3, -0.25) is 4.79 Å². The lowest BCUT2D eigenvalue weighted by molar-refractivity contribution is -0.121. The van der Waals surface area contributed by atoms with E-state index in [1.807, 2.05) is 6.92 Å². The molecule has 0 aliphatic carbocycles. The van der Waals surface area contributed by atoms with E-state index in [-0.39, 0.29) is 5.91 Å². The summed E-state index contributed by atoms with van der Waals surface area (Å²) in [7, 11) is 2.05. The quantitative estimate of drug-likeness (QED) is 0.724. The molecule has 1 rings (SSSR count). The lowest BCUT2D eigenvalue weighted by Crippen LogP contribution is -2.48. The summed E-state index contributed by atoms with van der Waals surface area (Å²) >= 11 is 0. The topological polar surface area (TPSA) is 44.4 Å². The van der Waals surface area contributed by atoms with Crippen molar-refractivity contribution in [2.45, 2.75) is 39.2 Å². The van der Waals surface area contributed by atoms with E-state index in [4.69, 9.17) is 0 Å². The molecule has 2 atom stereocenters. The number of hydrogen-bond acceptors (Lipinski definition) is 3. The van der Waals surface area contributed by atoms with Crippen LogP contribution in [0, 0.1) is 5.92 Å². The molecule has 0 aromatic rings. The normalized spacial score (nSPS) is 25.8. The highest BCUT2D eigenvalue weighted by molar-refractivity contribution is 5.75. The average Bonchev–Trinajstić information content (AvgIpc) is 2.36. The van der Waals surface area contributed by atoms with Crippen molar-refractivity contribution in [2.75, 3.05) is 33.2 Å². The van der Waals surface area contributed by atoms with Gasteiger partial charge in [0.25, 0.3) is 0 Å². The van der Waals surface area contributed by atoms with Gasteiger partial charge in [-0.25, -0.2) is 0 Å². The van der Waals surface area contributed by atoms with Gasteiger partial charge in [0, 0.05) is 32.1 Å². The zero-order valence-electron chi connectivity index (χ0n) is 11.5. The summed E-state index contributed by atoms with van der Waals surface area (Å²) in [5.74, 6) is 0.902. The van der Waals surface area contributed by atoms with Crippen molar-refractivity contribution in [3.05, 3.63) is 0 Å². The highest BCUT2D eigenvalue weighted by Gasteiger charge is 2.26. The van der Waals surface area contributed by atoms with E-state index in [0.29, 0.717) is 12.5 Å². The molecule has 17 heavy (non-hydrogen) atoms. The molecule has 0 aromatic carbocycles. The Morgan fingerprint density at radius 3 is 2.76 bits per heavy atom. The van der Waals surface area contributed by atoms with Crippen LogP contribution in [0.3, 0.4) is 0 Å². The molecule has 100 valence electrons. The summed E-state index contributed by atoms with van der Waals surface area (Å²) < 4.78 is 0. The predicted octanol–water partition coefficient (Wildman–Crippen LogP) is 0.833. The van der Waals surface area contributed by atoms with Crippen molar-refractivity contribution in [3.8, 4) is 0 Å². The molecule has 1 aliphatic heterocycles. The number of amides is 1. The number of piperidine rings is 1. The molecule has 1 aliphatic rings. The summed E-state index contributed by atoms with van der Waals surface area (Å²) in [6, 6.07) is 0.653. The minimum atomic E-state index is 0.177. The van der Waals surface area contributed by atoms with Gasteiger partial charge in [-0.2, -0.15) is 0 Å². The fourth-order valence-electron chi connectivity index (χ4n) is 2.65. The SMILES string of the molecule is CCNC(=O)CCN1CCC(NC)C(CC)C1. The number of nitrogens with one attached hydrogen (secondary N) is 2. The minimum absolute atomic E-state index is 0.177. The van der Waals surface area contributed by atoms with Gasteiger partial charge in [0.1, 0.15) is 0 Å². The van der Waals surface area contributed by atoms with Crippen molar-refractivity contribution >= 4 is 5.91 Å². The largest absolute Gasteiger partial charge is 0.356 e. The van der Waals surface area contributed by atoms with Crippen molar-refractivity contribution in [1.29, 1.82) is 0 Å². The molecule has 4 nitrogen and oxygen atoms in total. The first kappa shape index (κ1) is 14.5. The fourth-order valence-corrected chi connectivity index (χ4v) is 2.65. The van der Waals surface area contributed by atoms with Crippen LogP contribution in [0.1, 0.15) is 33.1 Å². The van der Waals surface area contributed by atoms with E-state index in [2.05, 4.69) is 29.5 Å². The Hall–Kier alpha value is -0.610. The predicted molar refractivity (Wildman–Crippen MR) is 71.0 cm³/mol. The molecular formula is C13H27N3O. The van der Waals surface area contributed by atoms with Gasteiger partial charge in [-0.1, -0.05) is 13.3 Å². The molecule has 0 bridgehead atoms. The lowest BCUT2D eigenvalue weighted by atomic mass is 9.90. The van der Waals surface area contributed by atoms with Crippen molar-refractivity contribution in [1.82, 2.24) is 15.5 Å². The number of carbonyl (C=O) groups is 1. The smallest absolute Gasteiger partial charge is 0.221 e. The third-order valence-electron chi connectivity index (χ3n) is 3.74. The maximum atomic E-state index is 11.4. The molecule has 4 heteroatoms. The van der Waals surface area contributed by atoms with Gasteiger partial charge in [0.15, 0.2) is 0 Å². The average molecular weight is 241 g/mol. The summed E-state index contributed by atoms with van der Waals surface area (Å²) in [5.41, 5.74) is 0. The zero-order chi connectivity index (χ0) is 12.7. The monoisotopic (exact) mass is 241 g/mol. The van der Waals surface area contributed by atoms with Crippen LogP contribution in [-0.2, 0) is 4.79 Å². The Labute approximate surface area is 105 Å².